The first kappa shape index (κ1) is 20.5. The van der Waals surface area contributed by atoms with Gasteiger partial charge in [-0.05, 0) is 66.1 Å². The van der Waals surface area contributed by atoms with Crippen molar-refractivity contribution >= 4 is 5.91 Å². The Balaban J connectivity index is 1.42. The van der Waals surface area contributed by atoms with Crippen molar-refractivity contribution < 1.29 is 19.0 Å². The van der Waals surface area contributed by atoms with E-state index in [2.05, 4.69) is 22.3 Å². The van der Waals surface area contributed by atoms with Crippen molar-refractivity contribution in [2.45, 2.75) is 38.3 Å². The number of hydrogen-bond acceptors (Lipinski definition) is 5. The van der Waals surface area contributed by atoms with E-state index in [0.717, 1.165) is 56.0 Å². The molecule has 6 heteroatoms. The molecule has 0 fully saturated rings. The molecule has 2 aliphatic rings. The average molecular weight is 411 g/mol. The Bertz CT molecular complexity index is 928. The number of nitrogens with zero attached hydrogens (tertiary/aromatic N) is 1. The summed E-state index contributed by atoms with van der Waals surface area (Å²) in [4.78, 5) is 15.0. The van der Waals surface area contributed by atoms with Gasteiger partial charge >= 0.3 is 0 Å². The van der Waals surface area contributed by atoms with Crippen molar-refractivity contribution in [1.82, 2.24) is 10.2 Å². The summed E-state index contributed by atoms with van der Waals surface area (Å²) in [5.74, 6) is 2.48. The van der Waals surface area contributed by atoms with Gasteiger partial charge in [-0.2, -0.15) is 0 Å². The van der Waals surface area contributed by atoms with Crippen LogP contribution >= 0.6 is 0 Å². The maximum atomic E-state index is 12.9. The van der Waals surface area contributed by atoms with Crippen molar-refractivity contribution in [2.24, 2.45) is 0 Å². The fraction of sp³-hybridized carbons (Fsp3) is 0.458. The van der Waals surface area contributed by atoms with Gasteiger partial charge in [0.15, 0.2) is 11.5 Å². The highest BCUT2D eigenvalue weighted by molar-refractivity contribution is 5.78. The van der Waals surface area contributed by atoms with Gasteiger partial charge in [0.2, 0.25) is 5.91 Å². The largest absolute Gasteiger partial charge is 0.496 e. The van der Waals surface area contributed by atoms with Crippen LogP contribution in [-0.4, -0.2) is 45.2 Å². The Kier molecular flexibility index (Phi) is 6.13. The summed E-state index contributed by atoms with van der Waals surface area (Å²) < 4.78 is 16.4. The van der Waals surface area contributed by atoms with Gasteiger partial charge in [-0.15, -0.1) is 0 Å². The summed E-state index contributed by atoms with van der Waals surface area (Å²) in [6.45, 7) is 1.98. The lowest BCUT2D eigenvalue weighted by molar-refractivity contribution is -0.123. The number of nitrogens with one attached hydrogen (secondary N) is 1. The van der Waals surface area contributed by atoms with Gasteiger partial charge in [-0.1, -0.05) is 12.1 Å². The Labute approximate surface area is 178 Å². The second-order valence-electron chi connectivity index (χ2n) is 7.98. The van der Waals surface area contributed by atoms with Crippen LogP contribution in [-0.2, 0) is 24.2 Å². The van der Waals surface area contributed by atoms with E-state index in [4.69, 9.17) is 14.2 Å². The van der Waals surface area contributed by atoms with Gasteiger partial charge in [0, 0.05) is 13.1 Å². The number of ether oxygens (including phenoxy) is 3. The second-order valence-corrected chi connectivity index (χ2v) is 7.98. The summed E-state index contributed by atoms with van der Waals surface area (Å²) in [5, 5.41) is 3.26. The number of methoxy groups -OCH3 is 3. The Hall–Kier alpha value is -2.73. The molecule has 0 aromatic heterocycles. The monoisotopic (exact) mass is 410 g/mol. The van der Waals surface area contributed by atoms with Crippen LogP contribution in [0.5, 0.6) is 17.2 Å². The first-order valence-electron chi connectivity index (χ1n) is 10.5. The number of amides is 1. The zero-order chi connectivity index (χ0) is 21.1. The van der Waals surface area contributed by atoms with Crippen LogP contribution in [0.4, 0.5) is 0 Å². The lowest BCUT2D eigenvalue weighted by Crippen LogP contribution is -2.41. The second kappa shape index (κ2) is 8.96. The Morgan fingerprint density at radius 1 is 1.03 bits per heavy atom. The highest BCUT2D eigenvalue weighted by Gasteiger charge is 2.26. The molecule has 6 nitrogen and oxygen atoms in total. The third kappa shape index (κ3) is 4.10. The van der Waals surface area contributed by atoms with Gasteiger partial charge in [-0.3, -0.25) is 9.69 Å². The summed E-state index contributed by atoms with van der Waals surface area (Å²) in [7, 11) is 5.01. The lowest BCUT2D eigenvalue weighted by atomic mass is 9.87. The van der Waals surface area contributed by atoms with Crippen LogP contribution in [0, 0.1) is 0 Å². The van der Waals surface area contributed by atoms with Crippen molar-refractivity contribution in [3.8, 4) is 17.2 Å². The molecule has 0 radical (unpaired) electrons. The van der Waals surface area contributed by atoms with E-state index in [0.29, 0.717) is 6.54 Å². The Morgan fingerprint density at radius 3 is 2.50 bits per heavy atom. The van der Waals surface area contributed by atoms with Gasteiger partial charge in [0.1, 0.15) is 5.75 Å². The molecule has 30 heavy (non-hydrogen) atoms. The van der Waals surface area contributed by atoms with Gasteiger partial charge < -0.3 is 19.5 Å². The molecule has 4 rings (SSSR count). The SMILES string of the molecule is COc1cc2c(cc1OC)CN(CC(=O)N[C@@H]1CCCc3c(OC)cccc31)CC2. The van der Waals surface area contributed by atoms with Gasteiger partial charge in [0.25, 0.3) is 0 Å². The van der Waals surface area contributed by atoms with Gasteiger partial charge in [-0.25, -0.2) is 0 Å². The van der Waals surface area contributed by atoms with E-state index in [-0.39, 0.29) is 11.9 Å². The van der Waals surface area contributed by atoms with E-state index < -0.39 is 0 Å². The molecule has 1 atom stereocenters. The topological polar surface area (TPSA) is 60.0 Å². The first-order chi connectivity index (χ1) is 14.6. The van der Waals surface area contributed by atoms with E-state index in [1.54, 1.807) is 21.3 Å². The predicted molar refractivity (Wildman–Crippen MR) is 115 cm³/mol. The van der Waals surface area contributed by atoms with Crippen LogP contribution in [0.3, 0.4) is 0 Å². The zero-order valence-electron chi connectivity index (χ0n) is 18.0. The minimum atomic E-state index is 0.0535. The molecule has 1 N–H and O–H groups in total. The van der Waals surface area contributed by atoms with E-state index in [1.807, 2.05) is 18.2 Å². The molecule has 0 unspecified atom stereocenters. The molecule has 1 aliphatic carbocycles. The summed E-state index contributed by atoms with van der Waals surface area (Å²) >= 11 is 0. The van der Waals surface area contributed by atoms with Crippen molar-refractivity contribution in [2.75, 3.05) is 34.4 Å². The van der Waals surface area contributed by atoms with Crippen LogP contribution < -0.4 is 19.5 Å². The number of carbonyl (C=O) groups is 1. The third-order valence-electron chi connectivity index (χ3n) is 6.18. The van der Waals surface area contributed by atoms with E-state index in [1.165, 1.54) is 22.3 Å². The lowest BCUT2D eigenvalue weighted by Gasteiger charge is -2.31. The Morgan fingerprint density at radius 2 is 1.77 bits per heavy atom. The first-order valence-corrected chi connectivity index (χ1v) is 10.5. The molecule has 0 saturated heterocycles. The third-order valence-corrected chi connectivity index (χ3v) is 6.18. The number of rotatable bonds is 6. The molecule has 2 aromatic carbocycles. The van der Waals surface area contributed by atoms with Crippen LogP contribution in [0.25, 0.3) is 0 Å². The summed E-state index contributed by atoms with van der Waals surface area (Å²) in [6.07, 6.45) is 3.91. The fourth-order valence-corrected chi connectivity index (χ4v) is 4.68. The highest BCUT2D eigenvalue weighted by atomic mass is 16.5. The number of benzene rings is 2. The van der Waals surface area contributed by atoms with Crippen molar-refractivity contribution in [3.05, 3.63) is 52.6 Å². The smallest absolute Gasteiger partial charge is 0.234 e. The highest BCUT2D eigenvalue weighted by Crippen LogP contribution is 2.35. The fourth-order valence-electron chi connectivity index (χ4n) is 4.68. The van der Waals surface area contributed by atoms with Gasteiger partial charge in [0.05, 0.1) is 33.9 Å². The molecule has 1 heterocycles. The summed E-state index contributed by atoms with van der Waals surface area (Å²) in [5.41, 5.74) is 4.87. The standard InChI is InChI=1S/C24H30N2O4/c1-28-21-9-5-6-18-19(21)7-4-8-20(18)25-24(27)15-26-11-10-16-12-22(29-2)23(30-3)13-17(16)14-26/h5-6,9,12-13,20H,4,7-8,10-11,14-15H2,1-3H3,(H,25,27)/t20-/m1/s1. The molecule has 1 amide bonds. The quantitative estimate of drug-likeness (QED) is 0.792. The van der Waals surface area contributed by atoms with E-state index in [9.17, 15) is 4.79 Å². The van der Waals surface area contributed by atoms with Crippen molar-refractivity contribution in [1.29, 1.82) is 0 Å². The molecule has 0 saturated carbocycles. The maximum Gasteiger partial charge on any atom is 0.234 e. The normalized spacial score (nSPS) is 18.2. The molecule has 160 valence electrons. The number of carbonyl (C=O) groups excluding carboxylic acids is 1. The summed E-state index contributed by atoms with van der Waals surface area (Å²) in [6, 6.07) is 10.2. The van der Waals surface area contributed by atoms with Crippen LogP contribution in [0.15, 0.2) is 30.3 Å². The molecule has 0 spiro atoms. The predicted octanol–water partition coefficient (Wildman–Crippen LogP) is 3.26. The molecule has 1 aliphatic heterocycles. The molecular weight excluding hydrogens is 380 g/mol. The molecule has 0 bridgehead atoms. The molecular formula is C24H30N2O4. The van der Waals surface area contributed by atoms with E-state index >= 15 is 0 Å². The van der Waals surface area contributed by atoms with Crippen molar-refractivity contribution in [3.63, 3.8) is 0 Å². The molecule has 2 aromatic rings. The number of fused-ring (bicyclic) bond motifs is 2. The number of hydrogen-bond donors (Lipinski definition) is 1. The van der Waals surface area contributed by atoms with Crippen LogP contribution in [0.2, 0.25) is 0 Å². The maximum absolute atomic E-state index is 12.9. The zero-order valence-corrected chi connectivity index (χ0v) is 18.0. The minimum absolute atomic E-state index is 0.0535. The minimum Gasteiger partial charge on any atom is -0.496 e. The average Bonchev–Trinajstić information content (AvgIpc) is 2.77. The van der Waals surface area contributed by atoms with Crippen LogP contribution in [0.1, 0.15) is 41.1 Å².